The van der Waals surface area contributed by atoms with Crippen LogP contribution in [0.15, 0.2) is 140 Å². The van der Waals surface area contributed by atoms with Crippen LogP contribution in [-0.4, -0.2) is 0 Å². The molecule has 6 aromatic carbocycles. The number of nitrogens with zero attached hydrogens (tertiary/aromatic N) is 1. The van der Waals surface area contributed by atoms with Gasteiger partial charge >= 0.3 is 0 Å². The molecule has 0 amide bonds. The van der Waals surface area contributed by atoms with Crippen molar-refractivity contribution < 1.29 is 0 Å². The van der Waals surface area contributed by atoms with Gasteiger partial charge in [-0.2, -0.15) is 0 Å². The van der Waals surface area contributed by atoms with E-state index in [4.69, 9.17) is 0 Å². The number of hydrogen-bond acceptors (Lipinski definition) is 1. The molecular formula is C54H53N. The fourth-order valence-electron chi connectivity index (χ4n) is 13.0. The van der Waals surface area contributed by atoms with Crippen LogP contribution in [0.4, 0.5) is 17.1 Å². The van der Waals surface area contributed by atoms with Crippen LogP contribution in [0.3, 0.4) is 0 Å². The van der Waals surface area contributed by atoms with Crippen molar-refractivity contribution in [2.75, 3.05) is 4.90 Å². The van der Waals surface area contributed by atoms with Gasteiger partial charge in [-0.3, -0.25) is 0 Å². The monoisotopic (exact) mass is 715 g/mol. The SMILES string of the molecule is CC1(C)CCC(C)(C)c2c(N(c3ccc(-c4ccccc4)cc3)c3cc(-c4ccccc4)c4c(c3)-c3ccccc3C43C4CC5CC(C4)CC3C5)cccc21. The van der Waals surface area contributed by atoms with E-state index < -0.39 is 0 Å². The van der Waals surface area contributed by atoms with Gasteiger partial charge < -0.3 is 4.90 Å². The zero-order valence-corrected chi connectivity index (χ0v) is 33.0. The van der Waals surface area contributed by atoms with Crippen molar-refractivity contribution in [2.24, 2.45) is 23.7 Å². The maximum atomic E-state index is 2.63. The summed E-state index contributed by atoms with van der Waals surface area (Å²) in [4.78, 5) is 2.63. The largest absolute Gasteiger partial charge is 0.310 e. The van der Waals surface area contributed by atoms with Gasteiger partial charge in [-0.1, -0.05) is 137 Å². The third kappa shape index (κ3) is 4.90. The van der Waals surface area contributed by atoms with Gasteiger partial charge in [-0.05, 0) is 165 Å². The first kappa shape index (κ1) is 33.5. The summed E-state index contributed by atoms with van der Waals surface area (Å²) in [5.74, 6) is 3.25. The highest BCUT2D eigenvalue weighted by Gasteiger charge is 2.62. The molecule has 6 aromatic rings. The van der Waals surface area contributed by atoms with E-state index in [2.05, 4.69) is 172 Å². The van der Waals surface area contributed by atoms with Crippen molar-refractivity contribution in [3.8, 4) is 33.4 Å². The van der Waals surface area contributed by atoms with Crippen LogP contribution in [0.5, 0.6) is 0 Å². The number of benzene rings is 6. The average Bonchev–Trinajstić information content (AvgIpc) is 3.50. The molecule has 0 unspecified atom stereocenters. The van der Waals surface area contributed by atoms with E-state index in [9.17, 15) is 0 Å². The van der Waals surface area contributed by atoms with Crippen molar-refractivity contribution in [1.29, 1.82) is 0 Å². The second-order valence-electron chi connectivity index (χ2n) is 19.2. The molecule has 0 saturated heterocycles. The predicted octanol–water partition coefficient (Wildman–Crippen LogP) is 14.6. The highest BCUT2D eigenvalue weighted by molar-refractivity contribution is 5.94. The summed E-state index contributed by atoms with van der Waals surface area (Å²) in [5.41, 5.74) is 18.5. The molecule has 1 heteroatoms. The minimum atomic E-state index is 0.0414. The number of fused-ring (bicyclic) bond motifs is 4. The van der Waals surface area contributed by atoms with E-state index in [1.807, 2.05) is 0 Å². The first-order chi connectivity index (χ1) is 26.7. The number of rotatable bonds is 5. The molecule has 0 aliphatic heterocycles. The van der Waals surface area contributed by atoms with Crippen LogP contribution in [0.25, 0.3) is 33.4 Å². The fraction of sp³-hybridized carbons (Fsp3) is 0.333. The normalized spacial score (nSPS) is 26.0. The summed E-state index contributed by atoms with van der Waals surface area (Å²) < 4.78 is 0. The molecule has 0 atom stereocenters. The molecule has 4 bridgehead atoms. The van der Waals surface area contributed by atoms with Gasteiger partial charge in [-0.25, -0.2) is 0 Å². The molecule has 0 heterocycles. The Morgan fingerprint density at radius 3 is 1.69 bits per heavy atom. The molecule has 0 aromatic heterocycles. The van der Waals surface area contributed by atoms with Gasteiger partial charge in [0.2, 0.25) is 0 Å². The Morgan fingerprint density at radius 1 is 0.436 bits per heavy atom. The van der Waals surface area contributed by atoms with E-state index >= 15 is 0 Å². The predicted molar refractivity (Wildman–Crippen MR) is 231 cm³/mol. The Bertz CT molecular complexity index is 2400. The van der Waals surface area contributed by atoms with Crippen LogP contribution >= 0.6 is 0 Å². The second kappa shape index (κ2) is 12.1. The van der Waals surface area contributed by atoms with Gasteiger partial charge in [0.25, 0.3) is 0 Å². The summed E-state index contributed by atoms with van der Waals surface area (Å²) in [7, 11) is 0. The molecule has 12 rings (SSSR count). The molecule has 4 saturated carbocycles. The average molecular weight is 716 g/mol. The van der Waals surface area contributed by atoms with Crippen molar-refractivity contribution in [3.63, 3.8) is 0 Å². The fourth-order valence-corrected chi connectivity index (χ4v) is 13.0. The molecule has 0 radical (unpaired) electrons. The number of hydrogen-bond donors (Lipinski definition) is 0. The maximum absolute atomic E-state index is 2.63. The summed E-state index contributed by atoms with van der Waals surface area (Å²) in [5, 5.41) is 0. The standard InChI is InChI=1S/C54H53N/c1-52(2)26-27-53(3,4)51-48(52)20-13-21-49(51)55(42-24-22-38(23-25-42)37-14-7-5-8-15-37)43-33-45(39-16-9-6-10-17-39)50-46(34-43)44-18-11-12-19-47(44)54(50)40-29-35-28-36(31-40)32-41(54)30-35/h5-25,33-36,40-41H,26-32H2,1-4H3. The lowest BCUT2D eigenvalue weighted by Gasteiger charge is -2.61. The van der Waals surface area contributed by atoms with E-state index in [1.54, 1.807) is 11.1 Å². The Hall–Kier alpha value is -4.88. The van der Waals surface area contributed by atoms with Crippen molar-refractivity contribution in [2.45, 2.75) is 88.9 Å². The first-order valence-electron chi connectivity index (χ1n) is 21.2. The molecular weight excluding hydrogens is 663 g/mol. The van der Waals surface area contributed by atoms with Crippen LogP contribution in [0.1, 0.15) is 94.9 Å². The Kier molecular flexibility index (Phi) is 7.34. The van der Waals surface area contributed by atoms with Gasteiger partial charge in [0, 0.05) is 16.8 Å². The second-order valence-corrected chi connectivity index (χ2v) is 19.2. The van der Waals surface area contributed by atoms with Crippen LogP contribution in [0.2, 0.25) is 0 Å². The summed E-state index contributed by atoms with van der Waals surface area (Å²) in [6.07, 6.45) is 9.38. The lowest BCUT2D eigenvalue weighted by molar-refractivity contribution is -0.0397. The summed E-state index contributed by atoms with van der Waals surface area (Å²) >= 11 is 0. The van der Waals surface area contributed by atoms with Crippen molar-refractivity contribution >= 4 is 17.1 Å². The van der Waals surface area contributed by atoms with Crippen LogP contribution < -0.4 is 4.90 Å². The van der Waals surface area contributed by atoms with Crippen molar-refractivity contribution in [3.05, 3.63) is 162 Å². The highest BCUT2D eigenvalue weighted by atomic mass is 15.1. The Balaban J connectivity index is 1.20. The third-order valence-corrected chi connectivity index (χ3v) is 15.3. The van der Waals surface area contributed by atoms with Crippen molar-refractivity contribution in [1.82, 2.24) is 0 Å². The zero-order valence-electron chi connectivity index (χ0n) is 33.0. The smallest absolute Gasteiger partial charge is 0.0502 e. The molecule has 1 nitrogen and oxygen atoms in total. The number of anilines is 3. The molecule has 1 spiro atoms. The van der Waals surface area contributed by atoms with E-state index in [0.29, 0.717) is 11.8 Å². The maximum Gasteiger partial charge on any atom is 0.0502 e. The Labute approximate surface area is 328 Å². The van der Waals surface area contributed by atoms with E-state index in [0.717, 1.165) is 11.8 Å². The minimum Gasteiger partial charge on any atom is -0.310 e. The molecule has 0 N–H and O–H groups in total. The molecule has 6 aliphatic rings. The highest BCUT2D eigenvalue weighted by Crippen LogP contribution is 2.71. The Morgan fingerprint density at radius 2 is 1.00 bits per heavy atom. The van der Waals surface area contributed by atoms with Gasteiger partial charge in [0.1, 0.15) is 0 Å². The lowest BCUT2D eigenvalue weighted by atomic mass is 9.42. The summed E-state index contributed by atoms with van der Waals surface area (Å²) in [6, 6.07) is 53.6. The lowest BCUT2D eigenvalue weighted by Crippen LogP contribution is -2.55. The molecule has 6 aliphatic carbocycles. The van der Waals surface area contributed by atoms with Gasteiger partial charge in [-0.15, -0.1) is 0 Å². The molecule has 274 valence electrons. The first-order valence-corrected chi connectivity index (χ1v) is 21.2. The van der Waals surface area contributed by atoms with E-state index in [-0.39, 0.29) is 16.2 Å². The van der Waals surface area contributed by atoms with Gasteiger partial charge in [0.15, 0.2) is 0 Å². The van der Waals surface area contributed by atoms with Crippen LogP contribution in [-0.2, 0) is 16.2 Å². The molecule has 55 heavy (non-hydrogen) atoms. The summed E-state index contributed by atoms with van der Waals surface area (Å²) in [6.45, 7) is 9.86. The quantitative estimate of drug-likeness (QED) is 0.172. The van der Waals surface area contributed by atoms with Gasteiger partial charge in [0.05, 0.1) is 5.69 Å². The minimum absolute atomic E-state index is 0.0414. The van der Waals surface area contributed by atoms with Crippen LogP contribution in [0, 0.1) is 23.7 Å². The van der Waals surface area contributed by atoms with E-state index in [1.165, 1.54) is 107 Å². The molecule has 4 fully saturated rings. The zero-order chi connectivity index (χ0) is 37.1. The topological polar surface area (TPSA) is 3.24 Å². The third-order valence-electron chi connectivity index (χ3n) is 15.3.